The number of carbonyl (C=O) groups excluding carboxylic acids is 1. The van der Waals surface area contributed by atoms with Crippen LogP contribution in [0.4, 0.5) is 0 Å². The van der Waals surface area contributed by atoms with Gasteiger partial charge < -0.3 is 14.7 Å². The van der Waals surface area contributed by atoms with Crippen LogP contribution in [0.15, 0.2) is 0 Å². The molecule has 1 saturated heterocycles. The fourth-order valence-electron chi connectivity index (χ4n) is 1.52. The second-order valence-electron chi connectivity index (χ2n) is 3.95. The van der Waals surface area contributed by atoms with Crippen molar-refractivity contribution < 1.29 is 14.6 Å². The molecular weight excluding hydrogens is 182 g/mol. The number of hydrogen-bond acceptors (Lipinski definition) is 4. The summed E-state index contributed by atoms with van der Waals surface area (Å²) in [6.07, 6.45) is 1.68. The Morgan fingerprint density at radius 2 is 2.43 bits per heavy atom. The van der Waals surface area contributed by atoms with E-state index >= 15 is 0 Å². The van der Waals surface area contributed by atoms with E-state index in [1.807, 2.05) is 14.0 Å². The summed E-state index contributed by atoms with van der Waals surface area (Å²) < 4.78 is 4.88. The standard InChI is InChI=1S/C10H19NO3/c1-8(7-12)11(2)5-3-9-4-6-14-10(9)13/h8-9,12H,3-7H2,1-2H3. The molecule has 0 aromatic carbocycles. The number of nitrogens with zero attached hydrogens (tertiary/aromatic N) is 1. The monoisotopic (exact) mass is 201 g/mol. The van der Waals surface area contributed by atoms with Crippen LogP contribution in [0.25, 0.3) is 0 Å². The molecule has 2 atom stereocenters. The molecular formula is C10H19NO3. The Morgan fingerprint density at radius 3 is 2.93 bits per heavy atom. The highest BCUT2D eigenvalue weighted by Crippen LogP contribution is 2.18. The lowest BCUT2D eigenvalue weighted by Gasteiger charge is -2.23. The van der Waals surface area contributed by atoms with Crippen molar-refractivity contribution in [1.29, 1.82) is 0 Å². The minimum atomic E-state index is -0.0601. The van der Waals surface area contributed by atoms with Gasteiger partial charge in [0, 0.05) is 6.04 Å². The minimum Gasteiger partial charge on any atom is -0.465 e. The molecule has 0 aromatic rings. The first-order valence-corrected chi connectivity index (χ1v) is 5.13. The van der Waals surface area contributed by atoms with Crippen LogP contribution in [0.2, 0.25) is 0 Å². The van der Waals surface area contributed by atoms with Crippen LogP contribution in [0.5, 0.6) is 0 Å². The molecule has 1 N–H and O–H groups in total. The number of cyclic esters (lactones) is 1. The molecule has 0 spiro atoms. The highest BCUT2D eigenvalue weighted by atomic mass is 16.5. The highest BCUT2D eigenvalue weighted by molar-refractivity contribution is 5.74. The Morgan fingerprint density at radius 1 is 1.71 bits per heavy atom. The van der Waals surface area contributed by atoms with E-state index in [2.05, 4.69) is 4.90 Å². The lowest BCUT2D eigenvalue weighted by molar-refractivity contribution is -0.141. The van der Waals surface area contributed by atoms with Gasteiger partial charge in [-0.05, 0) is 33.4 Å². The number of esters is 1. The number of likely N-dealkylation sites (N-methyl/N-ethyl adjacent to an activating group) is 1. The number of aliphatic hydroxyl groups excluding tert-OH is 1. The molecule has 2 unspecified atom stereocenters. The number of carbonyl (C=O) groups is 1. The van der Waals surface area contributed by atoms with Gasteiger partial charge in [-0.25, -0.2) is 0 Å². The van der Waals surface area contributed by atoms with E-state index in [0.717, 1.165) is 19.4 Å². The van der Waals surface area contributed by atoms with E-state index in [-0.39, 0.29) is 24.5 Å². The van der Waals surface area contributed by atoms with E-state index in [4.69, 9.17) is 9.84 Å². The summed E-state index contributed by atoms with van der Waals surface area (Å²) in [6.45, 7) is 3.53. The molecule has 0 bridgehead atoms. The van der Waals surface area contributed by atoms with E-state index in [0.29, 0.717) is 6.61 Å². The topological polar surface area (TPSA) is 49.8 Å². The number of rotatable bonds is 5. The SMILES string of the molecule is CC(CO)N(C)CCC1CCOC1=O. The van der Waals surface area contributed by atoms with Crippen LogP contribution < -0.4 is 0 Å². The molecule has 1 aliphatic heterocycles. The second kappa shape index (κ2) is 5.32. The lowest BCUT2D eigenvalue weighted by atomic mass is 10.0. The van der Waals surface area contributed by atoms with Crippen molar-refractivity contribution in [3.63, 3.8) is 0 Å². The van der Waals surface area contributed by atoms with Gasteiger partial charge in [0.1, 0.15) is 0 Å². The molecule has 4 heteroatoms. The summed E-state index contributed by atoms with van der Waals surface area (Å²) in [5.74, 6) is 0.0124. The fourth-order valence-corrected chi connectivity index (χ4v) is 1.52. The smallest absolute Gasteiger partial charge is 0.309 e. The Balaban J connectivity index is 2.22. The first-order valence-electron chi connectivity index (χ1n) is 5.13. The van der Waals surface area contributed by atoms with Gasteiger partial charge in [-0.15, -0.1) is 0 Å². The van der Waals surface area contributed by atoms with Crippen LogP contribution in [-0.4, -0.2) is 48.8 Å². The van der Waals surface area contributed by atoms with Crippen molar-refractivity contribution >= 4 is 5.97 Å². The molecule has 1 heterocycles. The maximum atomic E-state index is 11.1. The van der Waals surface area contributed by atoms with Crippen molar-refractivity contribution in [1.82, 2.24) is 4.90 Å². The highest BCUT2D eigenvalue weighted by Gasteiger charge is 2.26. The average Bonchev–Trinajstić information content (AvgIpc) is 2.59. The zero-order chi connectivity index (χ0) is 10.6. The third-order valence-electron chi connectivity index (χ3n) is 2.89. The van der Waals surface area contributed by atoms with E-state index < -0.39 is 0 Å². The summed E-state index contributed by atoms with van der Waals surface area (Å²) in [4.78, 5) is 13.2. The molecule has 82 valence electrons. The third-order valence-corrected chi connectivity index (χ3v) is 2.89. The van der Waals surface area contributed by atoms with Gasteiger partial charge in [-0.1, -0.05) is 0 Å². The Kier molecular flexibility index (Phi) is 4.35. The Hall–Kier alpha value is -0.610. The predicted octanol–water partition coefficient (Wildman–Crippen LogP) is 0.252. The second-order valence-corrected chi connectivity index (χ2v) is 3.95. The predicted molar refractivity (Wildman–Crippen MR) is 52.9 cm³/mol. The number of aliphatic hydroxyl groups is 1. The van der Waals surface area contributed by atoms with E-state index in [1.54, 1.807) is 0 Å². The largest absolute Gasteiger partial charge is 0.465 e. The van der Waals surface area contributed by atoms with Crippen molar-refractivity contribution in [2.24, 2.45) is 5.92 Å². The maximum absolute atomic E-state index is 11.1. The van der Waals surface area contributed by atoms with Crippen LogP contribution in [0.3, 0.4) is 0 Å². The molecule has 0 radical (unpaired) electrons. The average molecular weight is 201 g/mol. The molecule has 0 saturated carbocycles. The summed E-state index contributed by atoms with van der Waals surface area (Å²) in [6, 6.07) is 0.160. The molecule has 14 heavy (non-hydrogen) atoms. The van der Waals surface area contributed by atoms with Crippen molar-refractivity contribution in [2.75, 3.05) is 26.8 Å². The molecule has 4 nitrogen and oxygen atoms in total. The van der Waals surface area contributed by atoms with E-state index in [9.17, 15) is 4.79 Å². The van der Waals surface area contributed by atoms with E-state index in [1.165, 1.54) is 0 Å². The zero-order valence-electron chi connectivity index (χ0n) is 8.90. The normalized spacial score (nSPS) is 24.0. The van der Waals surface area contributed by atoms with Gasteiger partial charge in [0.15, 0.2) is 0 Å². The van der Waals surface area contributed by atoms with Gasteiger partial charge in [0.05, 0.1) is 19.1 Å². The first kappa shape index (κ1) is 11.5. The maximum Gasteiger partial charge on any atom is 0.309 e. The van der Waals surface area contributed by atoms with Gasteiger partial charge >= 0.3 is 5.97 Å². The third kappa shape index (κ3) is 2.96. The fraction of sp³-hybridized carbons (Fsp3) is 0.900. The van der Waals surface area contributed by atoms with Crippen LogP contribution in [0, 0.1) is 5.92 Å². The van der Waals surface area contributed by atoms with Gasteiger partial charge in [-0.3, -0.25) is 4.79 Å². The lowest BCUT2D eigenvalue weighted by Crippen LogP contribution is -2.33. The van der Waals surface area contributed by atoms with Crippen LogP contribution >= 0.6 is 0 Å². The molecule has 1 aliphatic rings. The molecule has 1 rings (SSSR count). The molecule has 0 amide bonds. The Bertz CT molecular complexity index is 196. The number of ether oxygens (including phenoxy) is 1. The van der Waals surface area contributed by atoms with Gasteiger partial charge in [-0.2, -0.15) is 0 Å². The minimum absolute atomic E-state index is 0.0601. The van der Waals surface area contributed by atoms with Crippen molar-refractivity contribution in [3.05, 3.63) is 0 Å². The molecule has 1 fully saturated rings. The first-order chi connectivity index (χ1) is 6.65. The molecule has 0 aliphatic carbocycles. The zero-order valence-corrected chi connectivity index (χ0v) is 8.90. The van der Waals surface area contributed by atoms with Crippen LogP contribution in [-0.2, 0) is 9.53 Å². The quantitative estimate of drug-likeness (QED) is 0.648. The van der Waals surface area contributed by atoms with Gasteiger partial charge in [0.2, 0.25) is 0 Å². The summed E-state index contributed by atoms with van der Waals surface area (Å²) >= 11 is 0. The van der Waals surface area contributed by atoms with Crippen LogP contribution in [0.1, 0.15) is 19.8 Å². The van der Waals surface area contributed by atoms with Crippen molar-refractivity contribution in [2.45, 2.75) is 25.8 Å². The van der Waals surface area contributed by atoms with Gasteiger partial charge in [0.25, 0.3) is 0 Å². The van der Waals surface area contributed by atoms with Crippen molar-refractivity contribution in [3.8, 4) is 0 Å². The summed E-state index contributed by atoms with van der Waals surface area (Å²) in [5.41, 5.74) is 0. The Labute approximate surface area is 84.8 Å². The summed E-state index contributed by atoms with van der Waals surface area (Å²) in [5, 5.41) is 8.92. The molecule has 0 aromatic heterocycles. The summed E-state index contributed by atoms with van der Waals surface area (Å²) in [7, 11) is 1.96. The number of hydrogen-bond donors (Lipinski definition) is 1.